The van der Waals surface area contributed by atoms with E-state index >= 15 is 0 Å². The molecule has 2 amide bonds. The van der Waals surface area contributed by atoms with Gasteiger partial charge in [0.1, 0.15) is 18.0 Å². The Bertz CT molecular complexity index is 1130. The summed E-state index contributed by atoms with van der Waals surface area (Å²) in [6, 6.07) is 15.3. The highest BCUT2D eigenvalue weighted by molar-refractivity contribution is 7.90. The molecule has 1 aliphatic rings. The fraction of sp³-hybridized carbons (Fsp3) is 0.462. The minimum absolute atomic E-state index is 0.170. The number of sulfone groups is 1. The van der Waals surface area contributed by atoms with Crippen LogP contribution in [0.3, 0.4) is 0 Å². The SMILES string of the molecule is CC(C)(C)OC(=O)N1CCN(C(=O)OCc2ccccc2)C[C@H]1CCOc1ccc(S(C)(=O)=O)cc1. The van der Waals surface area contributed by atoms with Crippen LogP contribution in [0, 0.1) is 0 Å². The maximum Gasteiger partial charge on any atom is 0.410 e. The molecule has 1 saturated heterocycles. The van der Waals surface area contributed by atoms with Crippen molar-refractivity contribution in [3.8, 4) is 5.75 Å². The van der Waals surface area contributed by atoms with E-state index in [4.69, 9.17) is 14.2 Å². The van der Waals surface area contributed by atoms with Gasteiger partial charge in [-0.05, 0) is 50.6 Å². The molecular weight excluding hydrogens is 484 g/mol. The van der Waals surface area contributed by atoms with Gasteiger partial charge in [-0.3, -0.25) is 0 Å². The fourth-order valence-electron chi connectivity index (χ4n) is 3.74. The van der Waals surface area contributed by atoms with Crippen LogP contribution in [-0.4, -0.2) is 74.5 Å². The molecule has 1 atom stereocenters. The second kappa shape index (κ2) is 11.6. The summed E-state index contributed by atoms with van der Waals surface area (Å²) < 4.78 is 40.1. The van der Waals surface area contributed by atoms with Crippen molar-refractivity contribution in [2.75, 3.05) is 32.5 Å². The van der Waals surface area contributed by atoms with Crippen molar-refractivity contribution >= 4 is 22.0 Å². The molecule has 0 aliphatic carbocycles. The van der Waals surface area contributed by atoms with Gasteiger partial charge in [-0.25, -0.2) is 18.0 Å². The quantitative estimate of drug-likeness (QED) is 0.543. The molecule has 0 unspecified atom stereocenters. The lowest BCUT2D eigenvalue weighted by Crippen LogP contribution is -2.57. The molecule has 2 aromatic carbocycles. The summed E-state index contributed by atoms with van der Waals surface area (Å²) in [5, 5.41) is 0. The van der Waals surface area contributed by atoms with Gasteiger partial charge in [0.05, 0.1) is 17.5 Å². The number of amides is 2. The average Bonchev–Trinajstić information content (AvgIpc) is 2.82. The maximum atomic E-state index is 12.8. The molecule has 0 N–H and O–H groups in total. The van der Waals surface area contributed by atoms with Gasteiger partial charge in [-0.15, -0.1) is 0 Å². The summed E-state index contributed by atoms with van der Waals surface area (Å²) in [5.74, 6) is 0.515. The number of hydrogen-bond donors (Lipinski definition) is 0. The summed E-state index contributed by atoms with van der Waals surface area (Å²) in [6.07, 6.45) is 0.705. The molecule has 10 heteroatoms. The van der Waals surface area contributed by atoms with Crippen LogP contribution in [0.15, 0.2) is 59.5 Å². The molecule has 0 radical (unpaired) electrons. The summed E-state index contributed by atoms with van der Waals surface area (Å²) in [6.45, 7) is 6.77. The van der Waals surface area contributed by atoms with Crippen LogP contribution in [0.25, 0.3) is 0 Å². The van der Waals surface area contributed by atoms with Gasteiger partial charge in [0.15, 0.2) is 9.84 Å². The zero-order valence-electron chi connectivity index (χ0n) is 21.2. The second-order valence-corrected chi connectivity index (χ2v) is 11.7. The highest BCUT2D eigenvalue weighted by Crippen LogP contribution is 2.21. The van der Waals surface area contributed by atoms with Gasteiger partial charge in [0.2, 0.25) is 0 Å². The van der Waals surface area contributed by atoms with Crippen LogP contribution in [0.1, 0.15) is 32.8 Å². The maximum absolute atomic E-state index is 12.8. The Morgan fingerprint density at radius 2 is 1.64 bits per heavy atom. The fourth-order valence-corrected chi connectivity index (χ4v) is 4.37. The lowest BCUT2D eigenvalue weighted by atomic mass is 10.1. The first-order valence-electron chi connectivity index (χ1n) is 11.8. The van der Waals surface area contributed by atoms with Gasteiger partial charge < -0.3 is 24.0 Å². The molecule has 36 heavy (non-hydrogen) atoms. The second-order valence-electron chi connectivity index (χ2n) is 9.69. The van der Waals surface area contributed by atoms with Crippen molar-refractivity contribution in [3.63, 3.8) is 0 Å². The topological polar surface area (TPSA) is 102 Å². The van der Waals surface area contributed by atoms with Crippen molar-refractivity contribution in [3.05, 3.63) is 60.2 Å². The number of carbonyl (C=O) groups excluding carboxylic acids is 2. The van der Waals surface area contributed by atoms with Crippen molar-refractivity contribution in [2.45, 2.75) is 50.3 Å². The third-order valence-electron chi connectivity index (χ3n) is 5.55. The Morgan fingerprint density at radius 3 is 2.25 bits per heavy atom. The number of benzene rings is 2. The normalized spacial score (nSPS) is 16.4. The van der Waals surface area contributed by atoms with Gasteiger partial charge in [0.25, 0.3) is 0 Å². The van der Waals surface area contributed by atoms with E-state index in [1.807, 2.05) is 30.3 Å². The smallest absolute Gasteiger partial charge is 0.410 e. The van der Waals surface area contributed by atoms with E-state index in [9.17, 15) is 18.0 Å². The summed E-state index contributed by atoms with van der Waals surface area (Å²) in [4.78, 5) is 29.0. The van der Waals surface area contributed by atoms with E-state index in [2.05, 4.69) is 0 Å². The Hall–Kier alpha value is -3.27. The first kappa shape index (κ1) is 27.3. The number of piperazine rings is 1. The van der Waals surface area contributed by atoms with Crippen molar-refractivity contribution < 1.29 is 32.2 Å². The molecular formula is C26H34N2O7S. The zero-order valence-corrected chi connectivity index (χ0v) is 22.0. The van der Waals surface area contributed by atoms with E-state index in [-0.39, 0.29) is 30.7 Å². The Morgan fingerprint density at radius 1 is 0.972 bits per heavy atom. The number of carbonyl (C=O) groups is 2. The van der Waals surface area contributed by atoms with Crippen molar-refractivity contribution in [2.24, 2.45) is 0 Å². The molecule has 0 aromatic heterocycles. The van der Waals surface area contributed by atoms with Gasteiger partial charge in [-0.2, -0.15) is 0 Å². The molecule has 1 heterocycles. The van der Waals surface area contributed by atoms with Crippen LogP contribution >= 0.6 is 0 Å². The molecule has 9 nitrogen and oxygen atoms in total. The van der Waals surface area contributed by atoms with Crippen LogP contribution in [0.5, 0.6) is 5.75 Å². The van der Waals surface area contributed by atoms with Crippen LogP contribution in [-0.2, 0) is 25.9 Å². The monoisotopic (exact) mass is 518 g/mol. The van der Waals surface area contributed by atoms with Crippen molar-refractivity contribution in [1.29, 1.82) is 0 Å². The molecule has 0 bridgehead atoms. The Balaban J connectivity index is 1.62. The summed E-state index contributed by atoms with van der Waals surface area (Å²) in [7, 11) is -3.29. The lowest BCUT2D eigenvalue weighted by Gasteiger charge is -2.41. The molecule has 1 fully saturated rings. The van der Waals surface area contributed by atoms with Gasteiger partial charge >= 0.3 is 12.2 Å². The summed E-state index contributed by atoms with van der Waals surface area (Å²) >= 11 is 0. The van der Waals surface area contributed by atoms with Crippen molar-refractivity contribution in [1.82, 2.24) is 9.80 Å². The number of hydrogen-bond acceptors (Lipinski definition) is 7. The predicted octanol–water partition coefficient (Wildman–Crippen LogP) is 4.12. The molecule has 196 valence electrons. The number of rotatable bonds is 7. The van der Waals surface area contributed by atoms with Gasteiger partial charge in [-0.1, -0.05) is 30.3 Å². The van der Waals surface area contributed by atoms with E-state index in [1.165, 1.54) is 12.1 Å². The van der Waals surface area contributed by atoms with E-state index in [0.717, 1.165) is 11.8 Å². The highest BCUT2D eigenvalue weighted by Gasteiger charge is 2.35. The minimum atomic E-state index is -3.29. The van der Waals surface area contributed by atoms with Crippen LogP contribution in [0.4, 0.5) is 9.59 Å². The predicted molar refractivity (Wildman–Crippen MR) is 135 cm³/mol. The molecule has 1 aliphatic heterocycles. The first-order valence-corrected chi connectivity index (χ1v) is 13.7. The summed E-state index contributed by atoms with van der Waals surface area (Å²) in [5.41, 5.74) is 0.246. The van der Waals surface area contributed by atoms with E-state index in [1.54, 1.807) is 42.7 Å². The zero-order chi connectivity index (χ0) is 26.3. The number of ether oxygens (including phenoxy) is 3. The third-order valence-corrected chi connectivity index (χ3v) is 6.67. The third kappa shape index (κ3) is 8.15. The van der Waals surface area contributed by atoms with Gasteiger partial charge in [0, 0.05) is 32.3 Å². The molecule has 2 aromatic rings. The molecule has 3 rings (SSSR count). The molecule has 0 spiro atoms. The highest BCUT2D eigenvalue weighted by atomic mass is 32.2. The standard InChI is InChI=1S/C26H34N2O7S/c1-26(2,3)35-25(30)28-16-15-27(24(29)34-19-20-8-6-5-7-9-20)18-21(28)14-17-33-22-10-12-23(13-11-22)36(4,31)32/h5-13,21H,14-19H2,1-4H3/t21-/m1/s1. The molecule has 0 saturated carbocycles. The first-order chi connectivity index (χ1) is 16.9. The largest absolute Gasteiger partial charge is 0.494 e. The average molecular weight is 519 g/mol. The van der Waals surface area contributed by atoms with E-state index < -0.39 is 27.6 Å². The van der Waals surface area contributed by atoms with Crippen LogP contribution in [0.2, 0.25) is 0 Å². The lowest BCUT2D eigenvalue weighted by molar-refractivity contribution is -0.00614. The Labute approximate surface area is 212 Å². The minimum Gasteiger partial charge on any atom is -0.494 e. The number of nitrogens with zero attached hydrogens (tertiary/aromatic N) is 2. The van der Waals surface area contributed by atoms with E-state index in [0.29, 0.717) is 25.3 Å². The van der Waals surface area contributed by atoms with Crippen LogP contribution < -0.4 is 4.74 Å². The Kier molecular flexibility index (Phi) is 8.84.